The van der Waals surface area contributed by atoms with Crippen molar-refractivity contribution in [1.82, 2.24) is 5.32 Å². The SMILES string of the molecule is CC.CC.CCSc1ccc(C(=O)NC)cc1. The van der Waals surface area contributed by atoms with E-state index in [1.54, 1.807) is 18.8 Å². The summed E-state index contributed by atoms with van der Waals surface area (Å²) >= 11 is 1.77. The molecule has 0 aliphatic heterocycles. The number of carbonyl (C=O) groups excluding carboxylic acids is 1. The first-order valence-electron chi connectivity index (χ1n) is 6.23. The molecule has 3 heteroatoms. The maximum atomic E-state index is 11.2. The molecule has 0 aromatic heterocycles. The average Bonchev–Trinajstić information content (AvgIpc) is 2.43. The molecule has 0 spiro atoms. The molecule has 17 heavy (non-hydrogen) atoms. The highest BCUT2D eigenvalue weighted by Gasteiger charge is 2.01. The van der Waals surface area contributed by atoms with Crippen molar-refractivity contribution in [2.45, 2.75) is 39.5 Å². The Morgan fingerprint density at radius 3 is 1.94 bits per heavy atom. The van der Waals surface area contributed by atoms with Crippen molar-refractivity contribution in [3.8, 4) is 0 Å². The van der Waals surface area contributed by atoms with Gasteiger partial charge in [0.1, 0.15) is 0 Å². The second-order valence-electron chi connectivity index (χ2n) is 2.54. The van der Waals surface area contributed by atoms with Gasteiger partial charge in [-0.3, -0.25) is 4.79 Å². The lowest BCUT2D eigenvalue weighted by atomic mass is 10.2. The van der Waals surface area contributed by atoms with Crippen LogP contribution in [-0.2, 0) is 0 Å². The van der Waals surface area contributed by atoms with E-state index in [9.17, 15) is 4.79 Å². The number of hydrogen-bond donors (Lipinski definition) is 1. The summed E-state index contributed by atoms with van der Waals surface area (Å²) in [6.45, 7) is 10.1. The molecule has 0 aliphatic carbocycles. The van der Waals surface area contributed by atoms with Crippen molar-refractivity contribution in [1.29, 1.82) is 0 Å². The Balaban J connectivity index is 0. The lowest BCUT2D eigenvalue weighted by Gasteiger charge is -2.01. The predicted octanol–water partition coefficient (Wildman–Crippen LogP) is 4.21. The Kier molecular flexibility index (Phi) is 14.2. The van der Waals surface area contributed by atoms with E-state index in [4.69, 9.17) is 0 Å². The molecule has 98 valence electrons. The maximum Gasteiger partial charge on any atom is 0.251 e. The Bertz CT molecular complexity index is 283. The molecule has 0 heterocycles. The van der Waals surface area contributed by atoms with Gasteiger partial charge in [0, 0.05) is 17.5 Å². The molecule has 0 aliphatic rings. The van der Waals surface area contributed by atoms with Gasteiger partial charge >= 0.3 is 0 Å². The number of nitrogens with one attached hydrogen (secondary N) is 1. The van der Waals surface area contributed by atoms with Gasteiger partial charge in [0.15, 0.2) is 0 Å². The minimum absolute atomic E-state index is 0.0342. The van der Waals surface area contributed by atoms with Crippen LogP contribution in [0.25, 0.3) is 0 Å². The van der Waals surface area contributed by atoms with E-state index >= 15 is 0 Å². The monoisotopic (exact) mass is 255 g/mol. The van der Waals surface area contributed by atoms with Crippen LogP contribution in [0.3, 0.4) is 0 Å². The molecule has 1 aromatic rings. The highest BCUT2D eigenvalue weighted by Crippen LogP contribution is 2.17. The molecule has 0 bridgehead atoms. The van der Waals surface area contributed by atoms with E-state index in [0.717, 1.165) is 5.75 Å². The Morgan fingerprint density at radius 1 is 1.12 bits per heavy atom. The molecule has 0 saturated heterocycles. The van der Waals surface area contributed by atoms with E-state index in [1.165, 1.54) is 4.90 Å². The number of amides is 1. The summed E-state index contributed by atoms with van der Waals surface area (Å²) in [6.07, 6.45) is 0. The molecule has 1 amide bonds. The summed E-state index contributed by atoms with van der Waals surface area (Å²) in [6, 6.07) is 7.63. The standard InChI is InChI=1S/C10H13NOS.2C2H6/c1-3-13-9-6-4-8(5-7-9)10(12)11-2;2*1-2/h4-7H,3H2,1-2H3,(H,11,12);2*1-2H3. The van der Waals surface area contributed by atoms with Gasteiger partial charge in [-0.15, -0.1) is 11.8 Å². The fourth-order valence-electron chi connectivity index (χ4n) is 1.01. The van der Waals surface area contributed by atoms with Crippen molar-refractivity contribution in [3.05, 3.63) is 29.8 Å². The van der Waals surface area contributed by atoms with Gasteiger partial charge in [-0.2, -0.15) is 0 Å². The summed E-state index contributed by atoms with van der Waals surface area (Å²) < 4.78 is 0. The summed E-state index contributed by atoms with van der Waals surface area (Å²) in [4.78, 5) is 12.4. The molecule has 1 rings (SSSR count). The summed E-state index contributed by atoms with van der Waals surface area (Å²) in [5.74, 6) is 1.02. The van der Waals surface area contributed by atoms with Gasteiger partial charge in [-0.25, -0.2) is 0 Å². The normalized spacial score (nSPS) is 8.12. The molecular formula is C14H25NOS. The van der Waals surface area contributed by atoms with Crippen LogP contribution >= 0.6 is 11.8 Å². The third kappa shape index (κ3) is 7.86. The first-order chi connectivity index (χ1) is 8.27. The zero-order valence-corrected chi connectivity index (χ0v) is 12.6. The van der Waals surface area contributed by atoms with Crippen LogP contribution in [0.2, 0.25) is 0 Å². The van der Waals surface area contributed by atoms with E-state index in [0.29, 0.717) is 5.56 Å². The van der Waals surface area contributed by atoms with Crippen LogP contribution in [0.4, 0.5) is 0 Å². The Hall–Kier alpha value is -0.960. The molecule has 2 nitrogen and oxygen atoms in total. The van der Waals surface area contributed by atoms with Crippen molar-refractivity contribution in [2.24, 2.45) is 0 Å². The first kappa shape index (κ1) is 18.4. The number of carbonyl (C=O) groups is 1. The largest absolute Gasteiger partial charge is 0.355 e. The number of hydrogen-bond acceptors (Lipinski definition) is 2. The van der Waals surface area contributed by atoms with Gasteiger partial charge < -0.3 is 5.32 Å². The second kappa shape index (κ2) is 13.1. The van der Waals surface area contributed by atoms with E-state index in [-0.39, 0.29) is 5.91 Å². The molecule has 0 fully saturated rings. The summed E-state index contributed by atoms with van der Waals surface area (Å²) in [5.41, 5.74) is 0.711. The van der Waals surface area contributed by atoms with E-state index < -0.39 is 0 Å². The third-order valence-corrected chi connectivity index (χ3v) is 2.55. The molecule has 1 N–H and O–H groups in total. The number of benzene rings is 1. The van der Waals surface area contributed by atoms with Gasteiger partial charge in [-0.1, -0.05) is 34.6 Å². The first-order valence-corrected chi connectivity index (χ1v) is 7.21. The molecule has 0 radical (unpaired) electrons. The molecule has 0 atom stereocenters. The van der Waals surface area contributed by atoms with Gasteiger partial charge in [0.25, 0.3) is 5.91 Å². The fourth-order valence-corrected chi connectivity index (χ4v) is 1.68. The quantitative estimate of drug-likeness (QED) is 0.820. The smallest absolute Gasteiger partial charge is 0.251 e. The zero-order chi connectivity index (χ0) is 13.7. The molecular weight excluding hydrogens is 230 g/mol. The van der Waals surface area contributed by atoms with Crippen molar-refractivity contribution < 1.29 is 4.79 Å². The van der Waals surface area contributed by atoms with Crippen molar-refractivity contribution in [2.75, 3.05) is 12.8 Å². The van der Waals surface area contributed by atoms with E-state index in [2.05, 4.69) is 12.2 Å². The topological polar surface area (TPSA) is 29.1 Å². The van der Waals surface area contributed by atoms with Crippen LogP contribution in [0.5, 0.6) is 0 Å². The van der Waals surface area contributed by atoms with E-state index in [1.807, 2.05) is 52.0 Å². The Morgan fingerprint density at radius 2 is 1.59 bits per heavy atom. The van der Waals surface area contributed by atoms with Gasteiger partial charge in [0.05, 0.1) is 0 Å². The molecule has 1 aromatic carbocycles. The lowest BCUT2D eigenvalue weighted by Crippen LogP contribution is -2.17. The Labute approximate surface area is 110 Å². The predicted molar refractivity (Wildman–Crippen MR) is 78.9 cm³/mol. The average molecular weight is 255 g/mol. The molecule has 0 unspecified atom stereocenters. The van der Waals surface area contributed by atoms with Crippen LogP contribution in [0.1, 0.15) is 45.0 Å². The summed E-state index contributed by atoms with van der Waals surface area (Å²) in [7, 11) is 1.64. The van der Waals surface area contributed by atoms with Crippen molar-refractivity contribution >= 4 is 17.7 Å². The minimum atomic E-state index is -0.0342. The van der Waals surface area contributed by atoms with Crippen LogP contribution in [0, 0.1) is 0 Å². The second-order valence-corrected chi connectivity index (χ2v) is 3.87. The zero-order valence-electron chi connectivity index (χ0n) is 11.8. The highest BCUT2D eigenvalue weighted by molar-refractivity contribution is 7.99. The van der Waals surface area contributed by atoms with Gasteiger partial charge in [0.2, 0.25) is 0 Å². The highest BCUT2D eigenvalue weighted by atomic mass is 32.2. The number of thioether (sulfide) groups is 1. The van der Waals surface area contributed by atoms with Crippen LogP contribution < -0.4 is 5.32 Å². The summed E-state index contributed by atoms with van der Waals surface area (Å²) in [5, 5.41) is 2.59. The fraction of sp³-hybridized carbons (Fsp3) is 0.500. The van der Waals surface area contributed by atoms with Gasteiger partial charge in [-0.05, 0) is 30.0 Å². The molecule has 0 saturated carbocycles. The van der Waals surface area contributed by atoms with Crippen LogP contribution in [-0.4, -0.2) is 18.7 Å². The number of rotatable bonds is 3. The third-order valence-electron chi connectivity index (χ3n) is 1.65. The minimum Gasteiger partial charge on any atom is -0.355 e. The maximum absolute atomic E-state index is 11.2. The van der Waals surface area contributed by atoms with Crippen LogP contribution in [0.15, 0.2) is 29.2 Å². The lowest BCUT2D eigenvalue weighted by molar-refractivity contribution is 0.0963. The van der Waals surface area contributed by atoms with Crippen molar-refractivity contribution in [3.63, 3.8) is 0 Å².